The topological polar surface area (TPSA) is 33.0 Å². The molecular formula is C10H13NO. The second-order valence-electron chi connectivity index (χ2n) is 2.93. The first-order chi connectivity index (χ1) is 5.86. The molecule has 0 aliphatic heterocycles. The number of nitrogens with zero attached hydrogens (tertiary/aromatic N) is 1. The van der Waals surface area contributed by atoms with E-state index in [4.69, 9.17) is 5.26 Å². The molecule has 0 aromatic heterocycles. The minimum absolute atomic E-state index is 0.420. The lowest BCUT2D eigenvalue weighted by Crippen LogP contribution is -2.02. The van der Waals surface area contributed by atoms with Crippen molar-refractivity contribution in [3.05, 3.63) is 23.8 Å². The van der Waals surface area contributed by atoms with Gasteiger partial charge in [-0.05, 0) is 24.3 Å². The summed E-state index contributed by atoms with van der Waals surface area (Å²) in [6.07, 6.45) is 10.3. The average Bonchev–Trinajstić information content (AvgIpc) is 2.15. The van der Waals surface area contributed by atoms with Gasteiger partial charge in [0, 0.05) is 0 Å². The van der Waals surface area contributed by atoms with Crippen molar-refractivity contribution in [2.45, 2.75) is 19.8 Å². The lowest BCUT2D eigenvalue weighted by Gasteiger charge is -2.13. The SMILES string of the molecule is CCC1C=C(COC#N)C=CC1. The fraction of sp³-hybridized carbons (Fsp3) is 0.500. The van der Waals surface area contributed by atoms with Gasteiger partial charge < -0.3 is 4.74 Å². The predicted octanol–water partition coefficient (Wildman–Crippen LogP) is 2.40. The highest BCUT2D eigenvalue weighted by Gasteiger charge is 2.06. The largest absolute Gasteiger partial charge is 0.423 e. The Kier molecular flexibility index (Phi) is 3.40. The highest BCUT2D eigenvalue weighted by molar-refractivity contribution is 5.24. The molecule has 12 heavy (non-hydrogen) atoms. The highest BCUT2D eigenvalue weighted by atomic mass is 16.5. The van der Waals surface area contributed by atoms with Crippen molar-refractivity contribution in [3.8, 4) is 6.26 Å². The molecule has 0 fully saturated rings. The number of allylic oxidation sites excluding steroid dienone is 2. The van der Waals surface area contributed by atoms with Gasteiger partial charge in [0.05, 0.1) is 0 Å². The van der Waals surface area contributed by atoms with Crippen LogP contribution in [0.4, 0.5) is 0 Å². The second kappa shape index (κ2) is 4.61. The van der Waals surface area contributed by atoms with Gasteiger partial charge in [0.25, 0.3) is 6.26 Å². The monoisotopic (exact) mass is 163 g/mol. The Morgan fingerprint density at radius 2 is 2.58 bits per heavy atom. The minimum Gasteiger partial charge on any atom is -0.423 e. The maximum atomic E-state index is 8.20. The lowest BCUT2D eigenvalue weighted by atomic mass is 9.94. The van der Waals surface area contributed by atoms with E-state index in [1.54, 1.807) is 6.26 Å². The standard InChI is InChI=1S/C10H13NO/c1-2-9-4-3-5-10(6-9)7-12-8-11/h3,5-6,9H,2,4,7H2,1H3. The fourth-order valence-electron chi connectivity index (χ4n) is 1.32. The van der Waals surface area contributed by atoms with Crippen molar-refractivity contribution in [3.63, 3.8) is 0 Å². The molecule has 0 spiro atoms. The van der Waals surface area contributed by atoms with Crippen molar-refractivity contribution in [1.82, 2.24) is 0 Å². The van der Waals surface area contributed by atoms with Gasteiger partial charge in [-0.15, -0.1) is 0 Å². The van der Waals surface area contributed by atoms with Gasteiger partial charge in [-0.2, -0.15) is 5.26 Å². The van der Waals surface area contributed by atoms with Crippen LogP contribution >= 0.6 is 0 Å². The van der Waals surface area contributed by atoms with E-state index in [1.807, 2.05) is 6.08 Å². The van der Waals surface area contributed by atoms with Crippen LogP contribution in [0.5, 0.6) is 0 Å². The molecule has 2 nitrogen and oxygen atoms in total. The quantitative estimate of drug-likeness (QED) is 0.598. The van der Waals surface area contributed by atoms with E-state index in [9.17, 15) is 0 Å². The molecule has 0 saturated heterocycles. The molecule has 1 atom stereocenters. The molecule has 0 bridgehead atoms. The Bertz CT molecular complexity index is 235. The maximum absolute atomic E-state index is 8.20. The molecule has 0 saturated carbocycles. The van der Waals surface area contributed by atoms with Crippen molar-refractivity contribution >= 4 is 0 Å². The Labute approximate surface area is 73.1 Å². The molecule has 1 aliphatic rings. The van der Waals surface area contributed by atoms with E-state index in [1.165, 1.54) is 0 Å². The van der Waals surface area contributed by atoms with Crippen LogP contribution in [0, 0.1) is 17.4 Å². The summed E-state index contributed by atoms with van der Waals surface area (Å²) in [6, 6.07) is 0. The van der Waals surface area contributed by atoms with Crippen molar-refractivity contribution in [1.29, 1.82) is 5.26 Å². The van der Waals surface area contributed by atoms with E-state index in [2.05, 4.69) is 23.8 Å². The van der Waals surface area contributed by atoms with Crippen molar-refractivity contribution in [2.75, 3.05) is 6.61 Å². The van der Waals surface area contributed by atoms with Gasteiger partial charge in [0.15, 0.2) is 0 Å². The third-order valence-electron chi connectivity index (χ3n) is 2.05. The Morgan fingerprint density at radius 1 is 1.75 bits per heavy atom. The molecule has 1 aliphatic carbocycles. The summed E-state index contributed by atoms with van der Waals surface area (Å²) in [5.74, 6) is 0.632. The normalized spacial score (nSPS) is 21.3. The maximum Gasteiger partial charge on any atom is 0.286 e. The van der Waals surface area contributed by atoms with Crippen LogP contribution in [0.1, 0.15) is 19.8 Å². The first kappa shape index (κ1) is 8.86. The zero-order chi connectivity index (χ0) is 8.81. The zero-order valence-corrected chi connectivity index (χ0v) is 7.29. The van der Waals surface area contributed by atoms with Crippen LogP contribution in [0.15, 0.2) is 23.8 Å². The zero-order valence-electron chi connectivity index (χ0n) is 7.29. The van der Waals surface area contributed by atoms with Crippen LogP contribution in [0.25, 0.3) is 0 Å². The van der Waals surface area contributed by atoms with Gasteiger partial charge in [-0.3, -0.25) is 0 Å². The second-order valence-corrected chi connectivity index (χ2v) is 2.93. The van der Waals surface area contributed by atoms with Crippen LogP contribution in [0.2, 0.25) is 0 Å². The molecule has 64 valence electrons. The molecule has 0 aromatic carbocycles. The molecule has 0 heterocycles. The third-order valence-corrected chi connectivity index (χ3v) is 2.05. The Hall–Kier alpha value is -1.23. The fourth-order valence-corrected chi connectivity index (χ4v) is 1.32. The van der Waals surface area contributed by atoms with Gasteiger partial charge in [-0.25, -0.2) is 0 Å². The summed E-state index contributed by atoms with van der Waals surface area (Å²) in [6.45, 7) is 2.59. The van der Waals surface area contributed by atoms with E-state index in [0.717, 1.165) is 18.4 Å². The lowest BCUT2D eigenvalue weighted by molar-refractivity contribution is 0.304. The first-order valence-electron chi connectivity index (χ1n) is 4.25. The van der Waals surface area contributed by atoms with Crippen LogP contribution in [-0.4, -0.2) is 6.61 Å². The number of ether oxygens (including phenoxy) is 1. The predicted molar refractivity (Wildman–Crippen MR) is 47.2 cm³/mol. The molecule has 1 unspecified atom stereocenters. The Balaban J connectivity index is 2.47. The van der Waals surface area contributed by atoms with Gasteiger partial charge >= 0.3 is 0 Å². The van der Waals surface area contributed by atoms with Gasteiger partial charge in [0.2, 0.25) is 0 Å². The first-order valence-corrected chi connectivity index (χ1v) is 4.25. The average molecular weight is 163 g/mol. The smallest absolute Gasteiger partial charge is 0.286 e. The summed E-state index contributed by atoms with van der Waals surface area (Å²) in [4.78, 5) is 0. The molecule has 2 heteroatoms. The highest BCUT2D eigenvalue weighted by Crippen LogP contribution is 2.19. The van der Waals surface area contributed by atoms with Crippen molar-refractivity contribution < 1.29 is 4.74 Å². The summed E-state index contributed by atoms with van der Waals surface area (Å²) in [5.41, 5.74) is 1.12. The number of hydrogen-bond acceptors (Lipinski definition) is 2. The summed E-state index contributed by atoms with van der Waals surface area (Å²) in [5, 5.41) is 8.20. The molecule has 0 N–H and O–H groups in total. The molecule has 0 amide bonds. The Morgan fingerprint density at radius 3 is 3.25 bits per heavy atom. The van der Waals surface area contributed by atoms with E-state index in [0.29, 0.717) is 12.5 Å². The summed E-state index contributed by atoms with van der Waals surface area (Å²) < 4.78 is 4.65. The van der Waals surface area contributed by atoms with Crippen LogP contribution < -0.4 is 0 Å². The van der Waals surface area contributed by atoms with Crippen molar-refractivity contribution in [2.24, 2.45) is 5.92 Å². The molecule has 0 radical (unpaired) electrons. The minimum atomic E-state index is 0.420. The number of rotatable bonds is 3. The molecule has 1 rings (SSSR count). The van der Waals surface area contributed by atoms with E-state index < -0.39 is 0 Å². The number of nitriles is 1. The van der Waals surface area contributed by atoms with Crippen LogP contribution in [0.3, 0.4) is 0 Å². The van der Waals surface area contributed by atoms with E-state index in [-0.39, 0.29) is 0 Å². The summed E-state index contributed by atoms with van der Waals surface area (Å²) in [7, 11) is 0. The third kappa shape index (κ3) is 2.43. The summed E-state index contributed by atoms with van der Waals surface area (Å²) >= 11 is 0. The molecular weight excluding hydrogens is 150 g/mol. The van der Waals surface area contributed by atoms with E-state index >= 15 is 0 Å². The van der Waals surface area contributed by atoms with Gasteiger partial charge in [0.1, 0.15) is 6.61 Å². The molecule has 0 aromatic rings. The number of hydrogen-bond donors (Lipinski definition) is 0. The van der Waals surface area contributed by atoms with Gasteiger partial charge in [-0.1, -0.05) is 25.2 Å². The van der Waals surface area contributed by atoms with Crippen LogP contribution in [-0.2, 0) is 4.74 Å².